The molecule has 0 saturated carbocycles. The summed E-state index contributed by atoms with van der Waals surface area (Å²) in [5.41, 5.74) is 7.27. The van der Waals surface area contributed by atoms with Gasteiger partial charge in [0.05, 0.1) is 11.1 Å². The third kappa shape index (κ3) is 3.81. The van der Waals surface area contributed by atoms with E-state index in [0.717, 1.165) is 10.9 Å². The van der Waals surface area contributed by atoms with Crippen molar-refractivity contribution in [3.05, 3.63) is 71.0 Å². The summed E-state index contributed by atoms with van der Waals surface area (Å²) in [6.07, 6.45) is 3.74. The first kappa shape index (κ1) is 16.6. The Bertz CT molecular complexity index is 992. The lowest BCUT2D eigenvalue weighted by molar-refractivity contribution is -0.115. The van der Waals surface area contributed by atoms with Crippen LogP contribution in [0.4, 0.5) is 5.69 Å². The molecule has 1 amide bonds. The van der Waals surface area contributed by atoms with E-state index in [0.29, 0.717) is 23.3 Å². The highest BCUT2D eigenvalue weighted by molar-refractivity contribution is 5.96. The molecule has 2 aromatic carbocycles. The van der Waals surface area contributed by atoms with E-state index < -0.39 is 0 Å². The van der Waals surface area contributed by atoms with Crippen LogP contribution in [0.2, 0.25) is 0 Å². The second-order valence-electron chi connectivity index (χ2n) is 5.49. The normalized spacial score (nSPS) is 11.1. The van der Waals surface area contributed by atoms with Gasteiger partial charge in [0, 0.05) is 29.6 Å². The van der Waals surface area contributed by atoms with Gasteiger partial charge in [-0.1, -0.05) is 42.5 Å². The lowest BCUT2D eigenvalue weighted by Crippen LogP contribution is -2.11. The van der Waals surface area contributed by atoms with Gasteiger partial charge < -0.3 is 11.1 Å². The Labute approximate surface area is 144 Å². The minimum atomic E-state index is -0.226. The van der Waals surface area contributed by atoms with E-state index >= 15 is 0 Å². The molecule has 0 aliphatic carbocycles. The van der Waals surface area contributed by atoms with Gasteiger partial charge >= 0.3 is 0 Å². The molecule has 0 spiro atoms. The monoisotopic (exact) mass is 334 g/mol. The highest BCUT2D eigenvalue weighted by atomic mass is 16.1. The smallest absolute Gasteiger partial charge is 0.272 e. The number of rotatable bonds is 5. The predicted octanol–water partition coefficient (Wildman–Crippen LogP) is 2.43. The zero-order valence-corrected chi connectivity index (χ0v) is 13.5. The Balaban J connectivity index is 1.92. The molecular formula is C19H18N4O2. The van der Waals surface area contributed by atoms with E-state index in [4.69, 9.17) is 5.73 Å². The maximum absolute atomic E-state index is 11.9. The van der Waals surface area contributed by atoms with Crippen LogP contribution in [0.25, 0.3) is 22.0 Å². The average Bonchev–Trinajstić information content (AvgIpc) is 2.63. The average molecular weight is 334 g/mol. The maximum Gasteiger partial charge on any atom is 0.272 e. The van der Waals surface area contributed by atoms with Gasteiger partial charge in [-0.05, 0) is 18.2 Å². The first-order valence-electron chi connectivity index (χ1n) is 7.92. The minimum absolute atomic E-state index is 0.124. The van der Waals surface area contributed by atoms with Crippen LogP contribution in [-0.2, 0) is 4.79 Å². The Morgan fingerprint density at radius 1 is 1.12 bits per heavy atom. The number of nitrogens with two attached hydrogens (primary N) is 1. The van der Waals surface area contributed by atoms with Crippen LogP contribution in [0.1, 0.15) is 6.42 Å². The SMILES string of the molecule is NCC=CCC(=O)Nc1cccc(-c2n[nH]c(=O)c3ccccc23)c1. The van der Waals surface area contributed by atoms with Gasteiger partial charge in [0.25, 0.3) is 5.56 Å². The van der Waals surface area contributed by atoms with E-state index in [9.17, 15) is 9.59 Å². The van der Waals surface area contributed by atoms with E-state index in [1.165, 1.54) is 0 Å². The summed E-state index contributed by atoms with van der Waals surface area (Å²) in [6.45, 7) is 0.410. The van der Waals surface area contributed by atoms with Gasteiger partial charge in [-0.2, -0.15) is 5.10 Å². The quantitative estimate of drug-likeness (QED) is 0.624. The van der Waals surface area contributed by atoms with Crippen molar-refractivity contribution >= 4 is 22.4 Å². The van der Waals surface area contributed by atoms with Crippen molar-refractivity contribution in [1.29, 1.82) is 0 Å². The standard InChI is InChI=1S/C19H18N4O2/c20-11-4-3-10-17(24)21-14-7-5-6-13(12-14)18-15-8-1-2-9-16(15)19(25)23-22-18/h1-9,12H,10-11,20H2,(H,21,24)(H,23,25). The number of nitrogens with one attached hydrogen (secondary N) is 2. The Hall–Kier alpha value is -3.25. The number of amides is 1. The Morgan fingerprint density at radius 3 is 2.72 bits per heavy atom. The molecule has 0 aliphatic rings. The van der Waals surface area contributed by atoms with E-state index in [1.54, 1.807) is 18.2 Å². The summed E-state index contributed by atoms with van der Waals surface area (Å²) < 4.78 is 0. The molecular weight excluding hydrogens is 316 g/mol. The third-order valence-electron chi connectivity index (χ3n) is 3.72. The summed E-state index contributed by atoms with van der Waals surface area (Å²) in [6, 6.07) is 14.7. The Kier molecular flexibility index (Phi) is 5.01. The molecule has 0 radical (unpaired) electrons. The van der Waals surface area contributed by atoms with Gasteiger partial charge in [-0.3, -0.25) is 9.59 Å². The van der Waals surface area contributed by atoms with Crippen LogP contribution in [0.3, 0.4) is 0 Å². The van der Waals surface area contributed by atoms with E-state index in [2.05, 4.69) is 15.5 Å². The van der Waals surface area contributed by atoms with Gasteiger partial charge in [-0.25, -0.2) is 5.10 Å². The third-order valence-corrected chi connectivity index (χ3v) is 3.72. The van der Waals surface area contributed by atoms with Crippen molar-refractivity contribution in [2.24, 2.45) is 5.73 Å². The van der Waals surface area contributed by atoms with E-state index in [1.807, 2.05) is 42.5 Å². The second kappa shape index (κ2) is 7.55. The zero-order valence-electron chi connectivity index (χ0n) is 13.5. The van der Waals surface area contributed by atoms with E-state index in [-0.39, 0.29) is 17.9 Å². The summed E-state index contributed by atoms with van der Waals surface area (Å²) in [5.74, 6) is -0.124. The first-order chi connectivity index (χ1) is 12.2. The summed E-state index contributed by atoms with van der Waals surface area (Å²) in [5, 5.41) is 10.9. The number of H-pyrrole nitrogens is 1. The van der Waals surface area contributed by atoms with Crippen LogP contribution in [0.15, 0.2) is 65.5 Å². The predicted molar refractivity (Wildman–Crippen MR) is 99.2 cm³/mol. The number of aromatic amines is 1. The summed E-state index contributed by atoms with van der Waals surface area (Å²) in [7, 11) is 0. The molecule has 0 unspecified atom stereocenters. The molecule has 4 N–H and O–H groups in total. The number of hydrogen-bond donors (Lipinski definition) is 3. The minimum Gasteiger partial charge on any atom is -0.327 e. The fourth-order valence-electron chi connectivity index (χ4n) is 2.58. The van der Waals surface area contributed by atoms with Crippen molar-refractivity contribution in [3.8, 4) is 11.3 Å². The molecule has 25 heavy (non-hydrogen) atoms. The fraction of sp³-hybridized carbons (Fsp3) is 0.105. The topological polar surface area (TPSA) is 101 Å². The summed E-state index contributed by atoms with van der Waals surface area (Å²) >= 11 is 0. The van der Waals surface area contributed by atoms with Crippen LogP contribution >= 0.6 is 0 Å². The number of carbonyl (C=O) groups excluding carboxylic acids is 1. The lowest BCUT2D eigenvalue weighted by Gasteiger charge is -2.08. The Morgan fingerprint density at radius 2 is 1.92 bits per heavy atom. The van der Waals surface area contributed by atoms with Gasteiger partial charge in [-0.15, -0.1) is 0 Å². The molecule has 0 bridgehead atoms. The molecule has 3 rings (SSSR count). The largest absolute Gasteiger partial charge is 0.327 e. The van der Waals surface area contributed by atoms with Gasteiger partial charge in [0.2, 0.25) is 5.91 Å². The number of nitrogens with zero attached hydrogens (tertiary/aromatic N) is 1. The molecule has 126 valence electrons. The molecule has 3 aromatic rings. The number of hydrogen-bond acceptors (Lipinski definition) is 4. The number of benzene rings is 2. The van der Waals surface area contributed by atoms with Crippen LogP contribution in [-0.4, -0.2) is 22.6 Å². The molecule has 0 fully saturated rings. The zero-order chi connectivity index (χ0) is 17.6. The molecule has 1 aromatic heterocycles. The number of anilines is 1. The number of fused-ring (bicyclic) bond motifs is 1. The molecule has 0 saturated heterocycles. The fourth-order valence-corrected chi connectivity index (χ4v) is 2.58. The molecule has 6 heteroatoms. The van der Waals surface area contributed by atoms with Crippen molar-refractivity contribution in [2.75, 3.05) is 11.9 Å². The van der Waals surface area contributed by atoms with Crippen molar-refractivity contribution < 1.29 is 4.79 Å². The summed E-state index contributed by atoms with van der Waals surface area (Å²) in [4.78, 5) is 23.8. The molecule has 1 heterocycles. The van der Waals surface area contributed by atoms with Crippen molar-refractivity contribution in [1.82, 2.24) is 10.2 Å². The van der Waals surface area contributed by atoms with Crippen molar-refractivity contribution in [3.63, 3.8) is 0 Å². The number of carbonyl (C=O) groups is 1. The van der Waals surface area contributed by atoms with Crippen molar-refractivity contribution in [2.45, 2.75) is 6.42 Å². The highest BCUT2D eigenvalue weighted by Crippen LogP contribution is 2.26. The highest BCUT2D eigenvalue weighted by Gasteiger charge is 2.09. The first-order valence-corrected chi connectivity index (χ1v) is 7.92. The molecule has 0 atom stereocenters. The van der Waals surface area contributed by atoms with Gasteiger partial charge in [0.15, 0.2) is 0 Å². The van der Waals surface area contributed by atoms with Gasteiger partial charge in [0.1, 0.15) is 0 Å². The maximum atomic E-state index is 11.9. The van der Waals surface area contributed by atoms with Crippen LogP contribution < -0.4 is 16.6 Å². The van der Waals surface area contributed by atoms with Crippen LogP contribution in [0.5, 0.6) is 0 Å². The lowest BCUT2D eigenvalue weighted by atomic mass is 10.0. The molecule has 0 aliphatic heterocycles. The number of aromatic nitrogens is 2. The second-order valence-corrected chi connectivity index (χ2v) is 5.49. The molecule has 6 nitrogen and oxygen atoms in total. The van der Waals surface area contributed by atoms with Crippen LogP contribution in [0, 0.1) is 0 Å².